The van der Waals surface area contributed by atoms with Gasteiger partial charge in [-0.3, -0.25) is 4.79 Å². The van der Waals surface area contributed by atoms with Crippen LogP contribution >= 0.6 is 0 Å². The average Bonchev–Trinajstić information content (AvgIpc) is 3.32. The van der Waals surface area contributed by atoms with Gasteiger partial charge >= 0.3 is 0 Å². The van der Waals surface area contributed by atoms with Crippen molar-refractivity contribution >= 4 is 5.91 Å². The number of aromatic nitrogens is 3. The topological polar surface area (TPSA) is 69.0 Å². The molecule has 0 saturated carbocycles. The van der Waals surface area contributed by atoms with Crippen LogP contribution in [0.4, 0.5) is 0 Å². The van der Waals surface area contributed by atoms with Gasteiger partial charge in [0.15, 0.2) is 0 Å². The molecule has 0 radical (unpaired) electrons. The lowest BCUT2D eigenvalue weighted by molar-refractivity contribution is 0.0951. The minimum atomic E-state index is -0.0990. The molecular weight excluding hydrogens is 388 g/mol. The van der Waals surface area contributed by atoms with E-state index in [1.807, 2.05) is 72.8 Å². The highest BCUT2D eigenvalue weighted by atomic mass is 16.5. The summed E-state index contributed by atoms with van der Waals surface area (Å²) in [7, 11) is 0. The summed E-state index contributed by atoms with van der Waals surface area (Å²) < 4.78 is 7.55. The summed E-state index contributed by atoms with van der Waals surface area (Å²) in [6, 6.07) is 25.7. The molecule has 6 heteroatoms. The molecule has 6 nitrogen and oxygen atoms in total. The maximum atomic E-state index is 12.5. The first-order valence-electron chi connectivity index (χ1n) is 10.2. The van der Waals surface area contributed by atoms with Crippen LogP contribution in [0.2, 0.25) is 0 Å². The van der Waals surface area contributed by atoms with Gasteiger partial charge in [-0.1, -0.05) is 66.7 Å². The number of nitrogens with one attached hydrogen (secondary N) is 1. The van der Waals surface area contributed by atoms with Crippen molar-refractivity contribution in [3.63, 3.8) is 0 Å². The van der Waals surface area contributed by atoms with Crippen molar-refractivity contribution in [2.45, 2.75) is 26.3 Å². The molecule has 0 unspecified atom stereocenters. The molecule has 1 amide bonds. The third kappa shape index (κ3) is 6.10. The van der Waals surface area contributed by atoms with Gasteiger partial charge in [-0.2, -0.15) is 5.10 Å². The van der Waals surface area contributed by atoms with Crippen LogP contribution in [0, 0.1) is 0 Å². The average molecular weight is 412 g/mol. The zero-order valence-corrected chi connectivity index (χ0v) is 17.1. The molecule has 0 atom stereocenters. The van der Waals surface area contributed by atoms with Crippen LogP contribution < -0.4 is 5.32 Å². The van der Waals surface area contributed by atoms with E-state index in [2.05, 4.69) is 21.5 Å². The Balaban J connectivity index is 1.26. The van der Waals surface area contributed by atoms with Gasteiger partial charge in [0.25, 0.3) is 5.91 Å². The van der Waals surface area contributed by atoms with E-state index in [1.165, 1.54) is 6.33 Å². The summed E-state index contributed by atoms with van der Waals surface area (Å²) in [6.45, 7) is 2.20. The van der Waals surface area contributed by atoms with Crippen molar-refractivity contribution in [1.29, 1.82) is 0 Å². The summed E-state index contributed by atoms with van der Waals surface area (Å²) in [4.78, 5) is 16.4. The van der Waals surface area contributed by atoms with Crippen molar-refractivity contribution in [3.8, 4) is 0 Å². The molecule has 1 N–H and O–H groups in total. The Labute approximate surface area is 181 Å². The Morgan fingerprint density at radius 1 is 0.839 bits per heavy atom. The minimum absolute atomic E-state index is 0.0990. The molecular formula is C25H24N4O2. The SMILES string of the molecule is O=C(NCc1cccc(COCc2ccccc2)c1)c1ccc(Cn2cncn2)cc1. The molecule has 0 aliphatic rings. The highest BCUT2D eigenvalue weighted by Crippen LogP contribution is 2.10. The fourth-order valence-corrected chi connectivity index (χ4v) is 3.24. The number of rotatable bonds is 9. The third-order valence-electron chi connectivity index (χ3n) is 4.85. The van der Waals surface area contributed by atoms with Crippen molar-refractivity contribution in [2.75, 3.05) is 0 Å². The van der Waals surface area contributed by atoms with E-state index in [4.69, 9.17) is 4.74 Å². The first-order chi connectivity index (χ1) is 15.3. The Morgan fingerprint density at radius 3 is 2.35 bits per heavy atom. The largest absolute Gasteiger partial charge is 0.372 e. The summed E-state index contributed by atoms with van der Waals surface area (Å²) in [5, 5.41) is 7.07. The summed E-state index contributed by atoms with van der Waals surface area (Å²) in [5.74, 6) is -0.0990. The molecule has 3 aromatic carbocycles. The number of carbonyl (C=O) groups is 1. The number of benzene rings is 3. The first-order valence-corrected chi connectivity index (χ1v) is 10.2. The number of hydrogen-bond acceptors (Lipinski definition) is 4. The zero-order chi connectivity index (χ0) is 21.3. The minimum Gasteiger partial charge on any atom is -0.372 e. The molecule has 0 aliphatic heterocycles. The van der Waals surface area contributed by atoms with Gasteiger partial charge in [0.1, 0.15) is 12.7 Å². The van der Waals surface area contributed by atoms with E-state index in [-0.39, 0.29) is 5.91 Å². The number of carbonyl (C=O) groups excluding carboxylic acids is 1. The molecule has 1 heterocycles. The van der Waals surface area contributed by atoms with Crippen LogP contribution in [0.15, 0.2) is 91.5 Å². The zero-order valence-electron chi connectivity index (χ0n) is 17.1. The predicted octanol–water partition coefficient (Wildman–Crippen LogP) is 3.97. The third-order valence-corrected chi connectivity index (χ3v) is 4.85. The number of amides is 1. The van der Waals surface area contributed by atoms with E-state index in [9.17, 15) is 4.79 Å². The van der Waals surface area contributed by atoms with Gasteiger partial charge in [-0.05, 0) is 34.4 Å². The predicted molar refractivity (Wildman–Crippen MR) is 118 cm³/mol. The molecule has 4 aromatic rings. The van der Waals surface area contributed by atoms with Gasteiger partial charge < -0.3 is 10.1 Å². The highest BCUT2D eigenvalue weighted by Gasteiger charge is 2.06. The fraction of sp³-hybridized carbons (Fsp3) is 0.160. The van der Waals surface area contributed by atoms with Crippen molar-refractivity contribution in [2.24, 2.45) is 0 Å². The number of nitrogens with zero attached hydrogens (tertiary/aromatic N) is 3. The fourth-order valence-electron chi connectivity index (χ4n) is 3.24. The van der Waals surface area contributed by atoms with Crippen molar-refractivity contribution in [1.82, 2.24) is 20.1 Å². The van der Waals surface area contributed by atoms with Crippen molar-refractivity contribution < 1.29 is 9.53 Å². The summed E-state index contributed by atoms with van der Waals surface area (Å²) in [6.07, 6.45) is 3.17. The Kier molecular flexibility index (Phi) is 6.82. The van der Waals surface area contributed by atoms with Crippen LogP contribution in [0.25, 0.3) is 0 Å². The molecule has 0 aliphatic carbocycles. The number of hydrogen-bond donors (Lipinski definition) is 1. The second kappa shape index (κ2) is 10.3. The maximum Gasteiger partial charge on any atom is 0.251 e. The second-order valence-corrected chi connectivity index (χ2v) is 7.27. The van der Waals surface area contributed by atoms with Crippen LogP contribution in [0.5, 0.6) is 0 Å². The lowest BCUT2D eigenvalue weighted by atomic mass is 10.1. The van der Waals surface area contributed by atoms with Gasteiger partial charge in [0.2, 0.25) is 0 Å². The van der Waals surface area contributed by atoms with Crippen molar-refractivity contribution in [3.05, 3.63) is 119 Å². The van der Waals surface area contributed by atoms with E-state index >= 15 is 0 Å². The maximum absolute atomic E-state index is 12.5. The second-order valence-electron chi connectivity index (χ2n) is 7.27. The quantitative estimate of drug-likeness (QED) is 0.452. The molecule has 1 aromatic heterocycles. The molecule has 0 spiro atoms. The van der Waals surface area contributed by atoms with Gasteiger partial charge in [-0.15, -0.1) is 0 Å². The van der Waals surface area contributed by atoms with Gasteiger partial charge in [-0.25, -0.2) is 9.67 Å². The van der Waals surface area contributed by atoms with E-state index in [0.717, 1.165) is 22.3 Å². The molecule has 31 heavy (non-hydrogen) atoms. The molecule has 4 rings (SSSR count). The van der Waals surface area contributed by atoms with E-state index in [0.29, 0.717) is 31.9 Å². The number of ether oxygens (including phenoxy) is 1. The highest BCUT2D eigenvalue weighted by molar-refractivity contribution is 5.94. The molecule has 0 bridgehead atoms. The van der Waals surface area contributed by atoms with Crippen LogP contribution in [-0.2, 0) is 31.0 Å². The summed E-state index contributed by atoms with van der Waals surface area (Å²) >= 11 is 0. The van der Waals surface area contributed by atoms with E-state index in [1.54, 1.807) is 11.0 Å². The van der Waals surface area contributed by atoms with Crippen LogP contribution in [0.1, 0.15) is 32.6 Å². The smallest absolute Gasteiger partial charge is 0.251 e. The van der Waals surface area contributed by atoms with Crippen LogP contribution in [0.3, 0.4) is 0 Å². The first kappa shape index (κ1) is 20.5. The van der Waals surface area contributed by atoms with Crippen LogP contribution in [-0.4, -0.2) is 20.7 Å². The lowest BCUT2D eigenvalue weighted by Gasteiger charge is -2.09. The normalized spacial score (nSPS) is 10.7. The van der Waals surface area contributed by atoms with Gasteiger partial charge in [0.05, 0.1) is 19.8 Å². The molecule has 156 valence electrons. The Hall–Kier alpha value is -3.77. The summed E-state index contributed by atoms with van der Waals surface area (Å²) in [5.41, 5.74) is 4.96. The monoisotopic (exact) mass is 412 g/mol. The Morgan fingerprint density at radius 2 is 1.58 bits per heavy atom. The Bertz CT molecular complexity index is 1090. The van der Waals surface area contributed by atoms with Gasteiger partial charge in [0, 0.05) is 12.1 Å². The van der Waals surface area contributed by atoms with E-state index < -0.39 is 0 Å². The standard InChI is InChI=1S/C25H24N4O2/c30-25(24-11-9-20(10-12-24)15-29-19-26-18-28-29)27-14-22-7-4-8-23(13-22)17-31-16-21-5-2-1-3-6-21/h1-13,18-19H,14-17H2,(H,27,30). The molecule has 0 saturated heterocycles. The lowest BCUT2D eigenvalue weighted by Crippen LogP contribution is -2.22. The molecule has 0 fully saturated rings.